The highest BCUT2D eigenvalue weighted by Gasteiger charge is 2.32. The first-order chi connectivity index (χ1) is 11.7. The number of carbonyl (C=O) groups excluding carboxylic acids is 1. The molecule has 24 heavy (non-hydrogen) atoms. The van der Waals surface area contributed by atoms with E-state index in [-0.39, 0.29) is 18.3 Å². The van der Waals surface area contributed by atoms with Crippen LogP contribution in [0.3, 0.4) is 0 Å². The maximum atomic E-state index is 12.0. The van der Waals surface area contributed by atoms with Gasteiger partial charge in [-0.05, 0) is 29.8 Å². The molecule has 122 valence electrons. The van der Waals surface area contributed by atoms with Crippen LogP contribution in [0.5, 0.6) is 17.2 Å². The van der Waals surface area contributed by atoms with Gasteiger partial charge in [0.25, 0.3) is 0 Å². The van der Waals surface area contributed by atoms with Crippen molar-refractivity contribution < 1.29 is 19.0 Å². The van der Waals surface area contributed by atoms with Gasteiger partial charge in [-0.2, -0.15) is 8.75 Å². The van der Waals surface area contributed by atoms with Crippen LogP contribution in [0, 0.1) is 0 Å². The zero-order valence-electron chi connectivity index (χ0n) is 13.1. The molecule has 0 fully saturated rings. The molecule has 0 amide bonds. The van der Waals surface area contributed by atoms with E-state index in [9.17, 15) is 4.79 Å². The third kappa shape index (κ3) is 2.28. The molecule has 1 aliphatic heterocycles. The minimum Gasteiger partial charge on any atom is -0.493 e. The van der Waals surface area contributed by atoms with Crippen molar-refractivity contribution in [2.45, 2.75) is 12.3 Å². The number of fused-ring (bicyclic) bond motifs is 3. The first-order valence-corrected chi connectivity index (χ1v) is 8.12. The number of rotatable bonds is 3. The van der Waals surface area contributed by atoms with Gasteiger partial charge in [-0.1, -0.05) is 6.07 Å². The molecule has 0 aliphatic carbocycles. The number of methoxy groups -OCH3 is 2. The van der Waals surface area contributed by atoms with Gasteiger partial charge in [-0.3, -0.25) is 4.79 Å². The summed E-state index contributed by atoms with van der Waals surface area (Å²) in [6, 6.07) is 9.27. The summed E-state index contributed by atoms with van der Waals surface area (Å²) in [5, 5.41) is 0. The standard InChI is InChI=1S/C17H14N2O4S/c1-21-12-5-3-9(7-14(12)22-2)10-8-15(20)23-13-6-4-11-17(16(10)13)19-24-18-11/h3-7,10H,8H2,1-2H3/t10-/m1/s1. The quantitative estimate of drug-likeness (QED) is 0.538. The van der Waals surface area contributed by atoms with Gasteiger partial charge in [0.1, 0.15) is 16.8 Å². The number of nitrogens with zero attached hydrogens (tertiary/aromatic N) is 2. The molecule has 4 rings (SSSR count). The van der Waals surface area contributed by atoms with Crippen LogP contribution in [0.25, 0.3) is 11.0 Å². The summed E-state index contributed by atoms with van der Waals surface area (Å²) in [5.74, 6) is 1.40. The normalized spacial score (nSPS) is 16.6. The van der Waals surface area contributed by atoms with Gasteiger partial charge in [-0.15, -0.1) is 0 Å². The second-order valence-electron chi connectivity index (χ2n) is 5.45. The Hall–Kier alpha value is -2.67. The van der Waals surface area contributed by atoms with E-state index < -0.39 is 0 Å². The molecule has 1 aromatic heterocycles. The molecule has 2 heterocycles. The number of hydrogen-bond donors (Lipinski definition) is 0. The zero-order valence-corrected chi connectivity index (χ0v) is 13.9. The third-order valence-corrected chi connectivity index (χ3v) is 4.72. The van der Waals surface area contributed by atoms with Gasteiger partial charge in [0.2, 0.25) is 0 Å². The molecule has 3 aromatic rings. The Morgan fingerprint density at radius 3 is 2.75 bits per heavy atom. The maximum absolute atomic E-state index is 12.0. The topological polar surface area (TPSA) is 70.5 Å². The van der Waals surface area contributed by atoms with Crippen LogP contribution >= 0.6 is 11.7 Å². The fourth-order valence-electron chi connectivity index (χ4n) is 3.07. The van der Waals surface area contributed by atoms with E-state index >= 15 is 0 Å². The third-order valence-electron chi connectivity index (χ3n) is 4.18. The molecule has 0 bridgehead atoms. The van der Waals surface area contributed by atoms with Crippen molar-refractivity contribution in [3.05, 3.63) is 41.5 Å². The number of esters is 1. The predicted octanol–water partition coefficient (Wildman–Crippen LogP) is 3.15. The van der Waals surface area contributed by atoms with Crippen LogP contribution < -0.4 is 14.2 Å². The van der Waals surface area contributed by atoms with Crippen molar-refractivity contribution in [2.75, 3.05) is 14.2 Å². The molecule has 0 spiro atoms. The van der Waals surface area contributed by atoms with Crippen LogP contribution in [0.4, 0.5) is 0 Å². The van der Waals surface area contributed by atoms with E-state index in [4.69, 9.17) is 14.2 Å². The second kappa shape index (κ2) is 5.76. The van der Waals surface area contributed by atoms with Gasteiger partial charge in [0, 0.05) is 11.5 Å². The number of benzene rings is 2. The molecule has 1 atom stereocenters. The monoisotopic (exact) mass is 342 g/mol. The second-order valence-corrected chi connectivity index (χ2v) is 5.98. The van der Waals surface area contributed by atoms with Crippen LogP contribution in [0.15, 0.2) is 30.3 Å². The minimum atomic E-state index is -0.259. The number of hydrogen-bond acceptors (Lipinski definition) is 7. The summed E-state index contributed by atoms with van der Waals surface area (Å²) in [5.41, 5.74) is 3.44. The maximum Gasteiger partial charge on any atom is 0.312 e. The lowest BCUT2D eigenvalue weighted by Gasteiger charge is -2.25. The smallest absolute Gasteiger partial charge is 0.312 e. The summed E-state index contributed by atoms with van der Waals surface area (Å²) in [6.07, 6.45) is 0.249. The lowest BCUT2D eigenvalue weighted by atomic mass is 9.85. The average molecular weight is 342 g/mol. The fraction of sp³-hybridized carbons (Fsp3) is 0.235. The Morgan fingerprint density at radius 2 is 1.96 bits per heavy atom. The van der Waals surface area contributed by atoms with Gasteiger partial charge >= 0.3 is 5.97 Å². The average Bonchev–Trinajstić information content (AvgIpc) is 3.09. The minimum absolute atomic E-state index is 0.159. The van der Waals surface area contributed by atoms with Crippen molar-refractivity contribution >= 4 is 28.7 Å². The molecule has 1 aliphatic rings. The molecule has 6 nitrogen and oxygen atoms in total. The molecule has 0 radical (unpaired) electrons. The van der Waals surface area contributed by atoms with Crippen molar-refractivity contribution in [3.8, 4) is 17.2 Å². The van der Waals surface area contributed by atoms with E-state index in [0.717, 1.165) is 33.9 Å². The molecular formula is C17H14N2O4S. The Kier molecular flexibility index (Phi) is 3.57. The van der Waals surface area contributed by atoms with Gasteiger partial charge in [-0.25, -0.2) is 0 Å². The summed E-state index contributed by atoms with van der Waals surface area (Å²) in [7, 11) is 3.18. The largest absolute Gasteiger partial charge is 0.493 e. The first-order valence-electron chi connectivity index (χ1n) is 7.39. The van der Waals surface area contributed by atoms with E-state index in [1.807, 2.05) is 24.3 Å². The molecule has 2 aromatic carbocycles. The molecule has 0 saturated carbocycles. The van der Waals surface area contributed by atoms with Crippen molar-refractivity contribution in [1.82, 2.24) is 8.75 Å². The highest BCUT2D eigenvalue weighted by Crippen LogP contribution is 2.44. The number of aromatic nitrogens is 2. The highest BCUT2D eigenvalue weighted by atomic mass is 32.1. The Bertz CT molecular complexity index is 937. The molecule has 7 heteroatoms. The summed E-state index contributed by atoms with van der Waals surface area (Å²) in [6.45, 7) is 0. The summed E-state index contributed by atoms with van der Waals surface area (Å²) >= 11 is 1.15. The Labute approximate surface area is 142 Å². The van der Waals surface area contributed by atoms with Crippen molar-refractivity contribution in [2.24, 2.45) is 0 Å². The number of ether oxygens (including phenoxy) is 3. The molecule has 0 N–H and O–H groups in total. The molecular weight excluding hydrogens is 328 g/mol. The van der Waals surface area contributed by atoms with Crippen molar-refractivity contribution in [1.29, 1.82) is 0 Å². The van der Waals surface area contributed by atoms with Crippen LogP contribution in [-0.4, -0.2) is 28.9 Å². The van der Waals surface area contributed by atoms with Gasteiger partial charge in [0.05, 0.1) is 32.4 Å². The van der Waals surface area contributed by atoms with Crippen LogP contribution in [0.2, 0.25) is 0 Å². The number of carbonyl (C=O) groups is 1. The van der Waals surface area contributed by atoms with Crippen molar-refractivity contribution in [3.63, 3.8) is 0 Å². The van der Waals surface area contributed by atoms with Gasteiger partial charge < -0.3 is 14.2 Å². The Morgan fingerprint density at radius 1 is 1.12 bits per heavy atom. The lowest BCUT2D eigenvalue weighted by molar-refractivity contribution is -0.135. The SMILES string of the molecule is COc1ccc([C@H]2CC(=O)Oc3ccc4nsnc4c32)cc1OC. The van der Waals surface area contributed by atoms with Gasteiger partial charge in [0.15, 0.2) is 11.5 Å². The summed E-state index contributed by atoms with van der Waals surface area (Å²) < 4.78 is 24.8. The van der Waals surface area contributed by atoms with E-state index in [2.05, 4.69) is 8.75 Å². The van der Waals surface area contributed by atoms with Crippen LogP contribution in [0.1, 0.15) is 23.5 Å². The summed E-state index contributed by atoms with van der Waals surface area (Å²) in [4.78, 5) is 12.0. The van der Waals surface area contributed by atoms with E-state index in [0.29, 0.717) is 17.2 Å². The molecule has 0 unspecified atom stereocenters. The predicted molar refractivity (Wildman–Crippen MR) is 89.1 cm³/mol. The first kappa shape index (κ1) is 14.9. The highest BCUT2D eigenvalue weighted by molar-refractivity contribution is 7.00. The van der Waals surface area contributed by atoms with E-state index in [1.54, 1.807) is 20.3 Å². The lowest BCUT2D eigenvalue weighted by Crippen LogP contribution is -2.21. The zero-order chi connectivity index (χ0) is 16.7. The fourth-order valence-corrected chi connectivity index (χ4v) is 3.62. The van der Waals surface area contributed by atoms with E-state index in [1.165, 1.54) is 0 Å². The Balaban J connectivity index is 1.90. The molecule has 0 saturated heterocycles. The van der Waals surface area contributed by atoms with Crippen LogP contribution in [-0.2, 0) is 4.79 Å².